The largest absolute Gasteiger partial charge is 0.369 e. The monoisotopic (exact) mass is 302 g/mol. The lowest BCUT2D eigenvalue weighted by Gasteiger charge is -2.37. The van der Waals surface area contributed by atoms with Gasteiger partial charge in [0.15, 0.2) is 0 Å². The topological polar surface area (TPSA) is 73.4 Å². The lowest BCUT2D eigenvalue weighted by Crippen LogP contribution is -2.53. The number of fused-ring (bicyclic) bond motifs is 1. The molecule has 2 heterocycles. The van der Waals surface area contributed by atoms with Gasteiger partial charge in [-0.25, -0.2) is 4.98 Å². The Kier molecular flexibility index (Phi) is 3.56. The van der Waals surface area contributed by atoms with E-state index in [1.54, 1.807) is 18.7 Å². The van der Waals surface area contributed by atoms with Crippen molar-refractivity contribution in [2.75, 3.05) is 23.8 Å². The molecular weight excluding hydrogens is 280 g/mol. The first-order valence-electron chi connectivity index (χ1n) is 7.65. The maximum absolute atomic E-state index is 12.5. The van der Waals surface area contributed by atoms with E-state index in [9.17, 15) is 4.79 Å². The maximum atomic E-state index is 12.5. The molecule has 1 aliphatic heterocycles. The summed E-state index contributed by atoms with van der Waals surface area (Å²) in [7, 11) is 0. The van der Waals surface area contributed by atoms with Gasteiger partial charge in [-0.2, -0.15) is 0 Å². The highest BCUT2D eigenvalue weighted by molar-refractivity contribution is 6.00. The van der Waals surface area contributed by atoms with Crippen molar-refractivity contribution in [3.05, 3.63) is 18.2 Å². The van der Waals surface area contributed by atoms with Crippen molar-refractivity contribution in [2.24, 2.45) is 0 Å². The Balaban J connectivity index is 2.00. The highest BCUT2D eigenvalue weighted by Gasteiger charge is 2.37. The number of carbonyl (C=O) groups is 1. The molecule has 2 aromatic rings. The quantitative estimate of drug-likeness (QED) is 0.943. The summed E-state index contributed by atoms with van der Waals surface area (Å²) in [6.07, 6.45) is 0.994. The van der Waals surface area contributed by atoms with Crippen LogP contribution in [0.3, 0.4) is 0 Å². The van der Waals surface area contributed by atoms with Gasteiger partial charge in [0.2, 0.25) is 5.95 Å². The van der Waals surface area contributed by atoms with Gasteiger partial charge in [0.05, 0.1) is 17.6 Å². The zero-order chi connectivity index (χ0) is 15.9. The van der Waals surface area contributed by atoms with Crippen LogP contribution in [0.15, 0.2) is 18.2 Å². The first kappa shape index (κ1) is 14.8. The van der Waals surface area contributed by atoms with E-state index in [1.807, 2.05) is 22.8 Å². The predicted octanol–water partition coefficient (Wildman–Crippen LogP) is 2.17. The van der Waals surface area contributed by atoms with Crippen molar-refractivity contribution in [3.8, 4) is 0 Å². The number of carbonyl (C=O) groups excluding carboxylic acids is 1. The summed E-state index contributed by atoms with van der Waals surface area (Å²) < 4.78 is 7.55. The predicted molar refractivity (Wildman–Crippen MR) is 86.8 cm³/mol. The van der Waals surface area contributed by atoms with E-state index in [4.69, 9.17) is 10.5 Å². The van der Waals surface area contributed by atoms with E-state index in [1.165, 1.54) is 0 Å². The minimum absolute atomic E-state index is 0.0286. The molecule has 2 N–H and O–H groups in total. The summed E-state index contributed by atoms with van der Waals surface area (Å²) in [4.78, 5) is 18.7. The molecule has 0 bridgehead atoms. The Morgan fingerprint density at radius 1 is 1.41 bits per heavy atom. The van der Waals surface area contributed by atoms with E-state index in [0.29, 0.717) is 19.1 Å². The molecule has 6 heteroatoms. The highest BCUT2D eigenvalue weighted by atomic mass is 16.5. The molecule has 1 fully saturated rings. The Hall–Kier alpha value is -2.08. The van der Waals surface area contributed by atoms with E-state index in [-0.39, 0.29) is 5.91 Å². The van der Waals surface area contributed by atoms with Gasteiger partial charge in [0.1, 0.15) is 5.60 Å². The molecule has 0 aliphatic carbocycles. The average Bonchev–Trinajstić information content (AvgIpc) is 2.78. The molecule has 6 nitrogen and oxygen atoms in total. The normalized spacial score (nSPS) is 18.1. The van der Waals surface area contributed by atoms with Crippen molar-refractivity contribution in [3.63, 3.8) is 0 Å². The number of nitrogens with two attached hydrogens (primary N) is 1. The number of nitrogens with zero attached hydrogens (tertiary/aromatic N) is 3. The van der Waals surface area contributed by atoms with Crippen LogP contribution in [0.25, 0.3) is 11.0 Å². The number of aryl methyl sites for hydroxylation is 1. The third kappa shape index (κ3) is 2.33. The zero-order valence-corrected chi connectivity index (χ0v) is 13.3. The number of benzene rings is 1. The second-order valence-corrected chi connectivity index (χ2v) is 6.11. The highest BCUT2D eigenvalue weighted by Crippen LogP contribution is 2.28. The van der Waals surface area contributed by atoms with Crippen LogP contribution in [0.4, 0.5) is 11.6 Å². The fourth-order valence-corrected chi connectivity index (χ4v) is 2.89. The van der Waals surface area contributed by atoms with Gasteiger partial charge < -0.3 is 19.9 Å². The molecule has 22 heavy (non-hydrogen) atoms. The van der Waals surface area contributed by atoms with Crippen LogP contribution < -0.4 is 10.6 Å². The summed E-state index contributed by atoms with van der Waals surface area (Å²) >= 11 is 0. The van der Waals surface area contributed by atoms with Crippen LogP contribution in [0.1, 0.15) is 27.2 Å². The maximum Gasteiger partial charge on any atom is 0.258 e. The fraction of sp³-hybridized carbons (Fsp3) is 0.500. The summed E-state index contributed by atoms with van der Waals surface area (Å²) in [5.41, 5.74) is 7.87. The molecule has 1 aliphatic rings. The molecule has 1 saturated heterocycles. The molecule has 1 aromatic carbocycles. The van der Waals surface area contributed by atoms with E-state index in [2.05, 4.69) is 11.9 Å². The minimum Gasteiger partial charge on any atom is -0.369 e. The van der Waals surface area contributed by atoms with Crippen molar-refractivity contribution in [2.45, 2.75) is 39.3 Å². The van der Waals surface area contributed by atoms with E-state index >= 15 is 0 Å². The standard InChI is InChI=1S/C16H22N4O2/c1-4-7-20-13-6-5-11(10-12(13)18-15(20)17)19-8-9-22-16(2,3)14(19)21/h5-6,10H,4,7-9H2,1-3H3,(H2,17,18). The average molecular weight is 302 g/mol. The number of nitrogen functional groups attached to an aromatic ring is 1. The number of ether oxygens (including phenoxy) is 1. The molecule has 1 amide bonds. The molecule has 0 atom stereocenters. The van der Waals surface area contributed by atoms with Crippen LogP contribution in [0, 0.1) is 0 Å². The van der Waals surface area contributed by atoms with Gasteiger partial charge in [-0.1, -0.05) is 6.92 Å². The lowest BCUT2D eigenvalue weighted by atomic mass is 10.1. The minimum atomic E-state index is -0.784. The Morgan fingerprint density at radius 3 is 2.91 bits per heavy atom. The number of amides is 1. The van der Waals surface area contributed by atoms with Crippen LogP contribution in [-0.4, -0.2) is 34.2 Å². The Morgan fingerprint density at radius 2 is 2.18 bits per heavy atom. The fourth-order valence-electron chi connectivity index (χ4n) is 2.89. The number of hydrogen-bond acceptors (Lipinski definition) is 4. The lowest BCUT2D eigenvalue weighted by molar-refractivity contribution is -0.144. The third-order valence-electron chi connectivity index (χ3n) is 4.06. The van der Waals surface area contributed by atoms with Crippen LogP contribution in [0.2, 0.25) is 0 Å². The molecule has 3 rings (SSSR count). The molecule has 1 aromatic heterocycles. The number of anilines is 2. The second-order valence-electron chi connectivity index (χ2n) is 6.11. The zero-order valence-electron chi connectivity index (χ0n) is 13.3. The summed E-state index contributed by atoms with van der Waals surface area (Å²) in [5, 5.41) is 0. The molecule has 0 radical (unpaired) electrons. The van der Waals surface area contributed by atoms with Crippen LogP contribution in [-0.2, 0) is 16.1 Å². The van der Waals surface area contributed by atoms with Crippen molar-refractivity contribution >= 4 is 28.6 Å². The Labute approximate surface area is 129 Å². The van der Waals surface area contributed by atoms with Gasteiger partial charge >= 0.3 is 0 Å². The molecule has 0 spiro atoms. The van der Waals surface area contributed by atoms with Crippen molar-refractivity contribution in [1.29, 1.82) is 0 Å². The first-order chi connectivity index (χ1) is 10.4. The SMILES string of the molecule is CCCn1c(N)nc2cc(N3CCOC(C)(C)C3=O)ccc21. The number of imidazole rings is 1. The van der Waals surface area contributed by atoms with Gasteiger partial charge in [0.25, 0.3) is 5.91 Å². The third-order valence-corrected chi connectivity index (χ3v) is 4.06. The summed E-state index contributed by atoms with van der Waals surface area (Å²) in [6.45, 7) is 7.63. The number of morpholine rings is 1. The summed E-state index contributed by atoms with van der Waals surface area (Å²) in [6, 6.07) is 5.87. The second kappa shape index (κ2) is 5.28. The van der Waals surface area contributed by atoms with Crippen LogP contribution >= 0.6 is 0 Å². The molecular formula is C16H22N4O2. The van der Waals surface area contributed by atoms with Crippen LogP contribution in [0.5, 0.6) is 0 Å². The number of aromatic nitrogens is 2. The molecule has 118 valence electrons. The molecule has 0 unspecified atom stereocenters. The molecule has 0 saturated carbocycles. The first-order valence-corrected chi connectivity index (χ1v) is 7.65. The van der Waals surface area contributed by atoms with Gasteiger partial charge in [-0.05, 0) is 38.5 Å². The van der Waals surface area contributed by atoms with Gasteiger partial charge in [-0.3, -0.25) is 4.79 Å². The smallest absolute Gasteiger partial charge is 0.258 e. The van der Waals surface area contributed by atoms with E-state index in [0.717, 1.165) is 29.7 Å². The van der Waals surface area contributed by atoms with Crippen molar-refractivity contribution < 1.29 is 9.53 Å². The number of hydrogen-bond donors (Lipinski definition) is 1. The Bertz CT molecular complexity index is 720. The summed E-state index contributed by atoms with van der Waals surface area (Å²) in [5.74, 6) is 0.488. The van der Waals surface area contributed by atoms with Gasteiger partial charge in [-0.15, -0.1) is 0 Å². The number of rotatable bonds is 3. The van der Waals surface area contributed by atoms with Crippen molar-refractivity contribution in [1.82, 2.24) is 9.55 Å². The van der Waals surface area contributed by atoms with Gasteiger partial charge in [0, 0.05) is 18.8 Å². The van der Waals surface area contributed by atoms with E-state index < -0.39 is 5.60 Å².